The second-order valence-electron chi connectivity index (χ2n) is 8.27. The zero-order valence-corrected chi connectivity index (χ0v) is 21.9. The molecular formula is C27H22ClN3O3S2. The van der Waals surface area contributed by atoms with Gasteiger partial charge in [-0.3, -0.25) is 4.98 Å². The molecule has 0 aliphatic rings. The maximum absolute atomic E-state index is 12.0. The fourth-order valence-corrected chi connectivity index (χ4v) is 5.58. The Labute approximate surface area is 218 Å². The molecule has 0 unspecified atom stereocenters. The van der Waals surface area contributed by atoms with Gasteiger partial charge in [0, 0.05) is 16.8 Å². The highest BCUT2D eigenvalue weighted by Crippen LogP contribution is 2.37. The summed E-state index contributed by atoms with van der Waals surface area (Å²) in [5.74, 6) is 0.665. The summed E-state index contributed by atoms with van der Waals surface area (Å²) >= 11 is 8.08. The van der Waals surface area contributed by atoms with Crippen molar-refractivity contribution >= 4 is 32.8 Å². The van der Waals surface area contributed by atoms with Crippen molar-refractivity contribution in [2.45, 2.75) is 18.4 Å². The number of halogens is 1. The number of thiophene rings is 1. The van der Waals surface area contributed by atoms with Crippen LogP contribution in [-0.4, -0.2) is 29.4 Å². The Morgan fingerprint density at radius 2 is 1.78 bits per heavy atom. The SMILES string of the molecule is Cc1ccc(OCc2cc(-c3ccc(-c4cccc(S(C)(=O)=O)c4)s3)n(-c3ccccc3Cl)n2)cn1. The van der Waals surface area contributed by atoms with Crippen LogP contribution in [0.2, 0.25) is 5.02 Å². The quantitative estimate of drug-likeness (QED) is 0.234. The van der Waals surface area contributed by atoms with Crippen molar-refractivity contribution in [3.63, 3.8) is 0 Å². The molecule has 0 saturated heterocycles. The minimum Gasteiger partial charge on any atom is -0.486 e. The minimum atomic E-state index is -3.30. The first-order valence-corrected chi connectivity index (χ1v) is 14.2. The van der Waals surface area contributed by atoms with E-state index in [0.717, 1.165) is 38.1 Å². The minimum absolute atomic E-state index is 0.268. The van der Waals surface area contributed by atoms with Gasteiger partial charge in [0.2, 0.25) is 0 Å². The van der Waals surface area contributed by atoms with Gasteiger partial charge in [-0.25, -0.2) is 13.1 Å². The molecule has 2 aromatic carbocycles. The van der Waals surface area contributed by atoms with Crippen LogP contribution in [0.4, 0.5) is 0 Å². The molecule has 182 valence electrons. The normalized spacial score (nSPS) is 11.5. The van der Waals surface area contributed by atoms with E-state index in [1.165, 1.54) is 6.26 Å². The third-order valence-corrected chi connectivity index (χ3v) is 8.10. The number of ether oxygens (including phenoxy) is 1. The third kappa shape index (κ3) is 5.21. The summed E-state index contributed by atoms with van der Waals surface area (Å²) < 4.78 is 31.8. The topological polar surface area (TPSA) is 74.1 Å². The van der Waals surface area contributed by atoms with Crippen LogP contribution in [0, 0.1) is 6.92 Å². The number of para-hydroxylation sites is 1. The molecule has 0 aliphatic carbocycles. The maximum Gasteiger partial charge on any atom is 0.175 e. The van der Waals surface area contributed by atoms with Gasteiger partial charge in [-0.1, -0.05) is 35.9 Å². The fourth-order valence-electron chi connectivity index (χ4n) is 3.69. The summed E-state index contributed by atoms with van der Waals surface area (Å²) in [6.45, 7) is 2.19. The summed E-state index contributed by atoms with van der Waals surface area (Å²) in [7, 11) is -3.30. The van der Waals surface area contributed by atoms with Gasteiger partial charge in [0.25, 0.3) is 0 Å². The first-order valence-electron chi connectivity index (χ1n) is 11.1. The molecule has 0 radical (unpaired) electrons. The van der Waals surface area contributed by atoms with E-state index in [-0.39, 0.29) is 6.61 Å². The van der Waals surface area contributed by atoms with Crippen molar-refractivity contribution in [3.05, 3.63) is 101 Å². The van der Waals surface area contributed by atoms with Crippen LogP contribution in [-0.2, 0) is 16.4 Å². The maximum atomic E-state index is 12.0. The summed E-state index contributed by atoms with van der Waals surface area (Å²) in [5, 5.41) is 5.37. The molecule has 0 bridgehead atoms. The van der Waals surface area contributed by atoms with Gasteiger partial charge in [0.1, 0.15) is 18.1 Å². The molecule has 0 atom stereocenters. The molecule has 9 heteroatoms. The van der Waals surface area contributed by atoms with Crippen molar-refractivity contribution in [2.75, 3.05) is 6.26 Å². The van der Waals surface area contributed by atoms with Crippen LogP contribution in [0.5, 0.6) is 5.75 Å². The molecule has 0 spiro atoms. The van der Waals surface area contributed by atoms with E-state index in [1.54, 1.807) is 35.7 Å². The second-order valence-corrected chi connectivity index (χ2v) is 11.8. The molecule has 0 saturated carbocycles. The predicted molar refractivity (Wildman–Crippen MR) is 144 cm³/mol. The molecular weight excluding hydrogens is 514 g/mol. The molecule has 3 heterocycles. The Morgan fingerprint density at radius 3 is 2.53 bits per heavy atom. The van der Waals surface area contributed by atoms with Crippen molar-refractivity contribution in [1.82, 2.24) is 14.8 Å². The lowest BCUT2D eigenvalue weighted by atomic mass is 10.2. The number of rotatable bonds is 7. The lowest BCUT2D eigenvalue weighted by Crippen LogP contribution is -2.01. The molecule has 5 rings (SSSR count). The van der Waals surface area contributed by atoms with Gasteiger partial charge in [-0.15, -0.1) is 11.3 Å². The number of nitrogens with zero attached hydrogens (tertiary/aromatic N) is 3. The van der Waals surface area contributed by atoms with E-state index in [4.69, 9.17) is 21.4 Å². The molecule has 36 heavy (non-hydrogen) atoms. The molecule has 6 nitrogen and oxygen atoms in total. The largest absolute Gasteiger partial charge is 0.486 e. The summed E-state index contributed by atoms with van der Waals surface area (Å²) in [4.78, 5) is 6.48. The van der Waals surface area contributed by atoms with Gasteiger partial charge in [0.05, 0.1) is 32.4 Å². The molecule has 0 N–H and O–H groups in total. The van der Waals surface area contributed by atoms with Crippen molar-refractivity contribution in [1.29, 1.82) is 0 Å². The monoisotopic (exact) mass is 535 g/mol. The number of aryl methyl sites for hydroxylation is 1. The zero-order chi connectivity index (χ0) is 25.3. The van der Waals surface area contributed by atoms with E-state index >= 15 is 0 Å². The number of hydrogen-bond donors (Lipinski definition) is 0. The van der Waals surface area contributed by atoms with Gasteiger partial charge >= 0.3 is 0 Å². The highest BCUT2D eigenvalue weighted by molar-refractivity contribution is 7.90. The van der Waals surface area contributed by atoms with Crippen LogP contribution in [0.1, 0.15) is 11.4 Å². The third-order valence-electron chi connectivity index (χ3n) is 5.52. The smallest absolute Gasteiger partial charge is 0.175 e. The highest BCUT2D eigenvalue weighted by atomic mass is 35.5. The Hall–Kier alpha value is -3.46. The Morgan fingerprint density at radius 1 is 0.972 bits per heavy atom. The van der Waals surface area contributed by atoms with Gasteiger partial charge in [-0.05, 0) is 67.1 Å². The molecule has 3 aromatic heterocycles. The van der Waals surface area contributed by atoms with E-state index in [1.807, 2.05) is 72.3 Å². The fraction of sp³-hybridized carbons (Fsp3) is 0.111. The summed E-state index contributed by atoms with van der Waals surface area (Å²) in [5.41, 5.74) is 4.11. The van der Waals surface area contributed by atoms with E-state index in [9.17, 15) is 8.42 Å². The van der Waals surface area contributed by atoms with Gasteiger partial charge in [-0.2, -0.15) is 5.10 Å². The van der Waals surface area contributed by atoms with Crippen LogP contribution in [0.15, 0.2) is 90.0 Å². The van der Waals surface area contributed by atoms with E-state index in [0.29, 0.717) is 15.7 Å². The number of aromatic nitrogens is 3. The number of hydrogen-bond acceptors (Lipinski definition) is 6. The van der Waals surface area contributed by atoms with Crippen LogP contribution >= 0.6 is 22.9 Å². The van der Waals surface area contributed by atoms with Gasteiger partial charge < -0.3 is 4.74 Å². The Kier molecular flexibility index (Phi) is 6.66. The van der Waals surface area contributed by atoms with E-state index < -0.39 is 9.84 Å². The second kappa shape index (κ2) is 9.89. The number of sulfone groups is 1. The first-order chi connectivity index (χ1) is 17.3. The van der Waals surface area contributed by atoms with Crippen molar-refractivity contribution < 1.29 is 13.2 Å². The van der Waals surface area contributed by atoms with Crippen molar-refractivity contribution in [2.24, 2.45) is 0 Å². The van der Waals surface area contributed by atoms with Crippen molar-refractivity contribution in [3.8, 4) is 32.4 Å². The number of benzene rings is 2. The number of pyridine rings is 1. The molecule has 0 aliphatic heterocycles. The molecule has 0 fully saturated rings. The van der Waals surface area contributed by atoms with Crippen LogP contribution < -0.4 is 4.74 Å². The Bertz CT molecular complexity index is 1640. The molecule has 5 aromatic rings. The zero-order valence-electron chi connectivity index (χ0n) is 19.6. The average molecular weight is 536 g/mol. The van der Waals surface area contributed by atoms with E-state index in [2.05, 4.69) is 4.98 Å². The summed E-state index contributed by atoms with van der Waals surface area (Å²) in [6, 6.07) is 24.3. The van der Waals surface area contributed by atoms with Crippen LogP contribution in [0.3, 0.4) is 0 Å². The standard InChI is InChI=1S/C27H22ClN3O3S2/c1-18-10-11-21(16-29-18)34-17-20-15-25(31(30-20)24-9-4-3-8-23(24)28)27-13-12-26(35-27)19-6-5-7-22(14-19)36(2,32)33/h3-16H,17H2,1-2H3. The van der Waals surface area contributed by atoms with Crippen LogP contribution in [0.25, 0.3) is 26.7 Å². The lowest BCUT2D eigenvalue weighted by Gasteiger charge is -2.08. The predicted octanol–water partition coefficient (Wildman–Crippen LogP) is 6.61. The first kappa shape index (κ1) is 24.2. The Balaban J connectivity index is 1.52. The molecule has 0 amide bonds. The average Bonchev–Trinajstić information content (AvgIpc) is 3.51. The summed E-state index contributed by atoms with van der Waals surface area (Å²) in [6.07, 6.45) is 2.90. The lowest BCUT2D eigenvalue weighted by molar-refractivity contribution is 0.299. The highest BCUT2D eigenvalue weighted by Gasteiger charge is 2.17. The van der Waals surface area contributed by atoms with Gasteiger partial charge in [0.15, 0.2) is 9.84 Å².